The van der Waals surface area contributed by atoms with Crippen molar-refractivity contribution in [1.82, 2.24) is 9.97 Å². The second-order valence-electron chi connectivity index (χ2n) is 2.66. The molecule has 0 amide bonds. The summed E-state index contributed by atoms with van der Waals surface area (Å²) < 4.78 is 5.07. The molecule has 72 valence electrons. The normalized spacial score (nSPS) is 10.5. The third kappa shape index (κ3) is 1.61. The van der Waals surface area contributed by atoms with Gasteiger partial charge >= 0.3 is 0 Å². The minimum absolute atomic E-state index is 0.164. The fourth-order valence-electron chi connectivity index (χ4n) is 1.20. The van der Waals surface area contributed by atoms with E-state index in [0.717, 1.165) is 5.39 Å². The van der Waals surface area contributed by atoms with Crippen LogP contribution in [0.4, 0.5) is 0 Å². The van der Waals surface area contributed by atoms with Gasteiger partial charge in [-0.3, -0.25) is 0 Å². The van der Waals surface area contributed by atoms with Gasteiger partial charge in [-0.2, -0.15) is 4.98 Å². The summed E-state index contributed by atoms with van der Waals surface area (Å²) in [4.78, 5) is 7.98. The molecule has 0 bridgehead atoms. The molecular formula is C9H6Cl2N2O. The Morgan fingerprint density at radius 2 is 2.00 bits per heavy atom. The molecule has 0 aliphatic carbocycles. The molecule has 0 aliphatic heterocycles. The summed E-state index contributed by atoms with van der Waals surface area (Å²) in [6.07, 6.45) is 0. The van der Waals surface area contributed by atoms with Gasteiger partial charge in [0.2, 0.25) is 11.2 Å². The Labute approximate surface area is 90.6 Å². The van der Waals surface area contributed by atoms with Crippen molar-refractivity contribution >= 4 is 34.1 Å². The summed E-state index contributed by atoms with van der Waals surface area (Å²) in [5.41, 5.74) is 0.714. The molecule has 0 N–H and O–H groups in total. The maximum absolute atomic E-state index is 5.84. The Balaban J connectivity index is 2.81. The van der Waals surface area contributed by atoms with Gasteiger partial charge in [0.15, 0.2) is 0 Å². The minimum atomic E-state index is 0.164. The number of fused-ring (bicyclic) bond motifs is 1. The lowest BCUT2D eigenvalue weighted by Crippen LogP contribution is -1.92. The van der Waals surface area contributed by atoms with Gasteiger partial charge in [0.05, 0.1) is 18.0 Å². The van der Waals surface area contributed by atoms with Crippen LogP contribution in [0, 0.1) is 0 Å². The van der Waals surface area contributed by atoms with Gasteiger partial charge in [-0.1, -0.05) is 11.6 Å². The summed E-state index contributed by atoms with van der Waals surface area (Å²) in [7, 11) is 1.53. The van der Waals surface area contributed by atoms with E-state index in [1.807, 2.05) is 0 Å². The molecule has 2 aromatic rings. The van der Waals surface area contributed by atoms with E-state index in [0.29, 0.717) is 16.4 Å². The lowest BCUT2D eigenvalue weighted by atomic mass is 10.2. The maximum atomic E-state index is 5.84. The highest BCUT2D eigenvalue weighted by Gasteiger charge is 2.06. The smallest absolute Gasteiger partial charge is 0.226 e. The highest BCUT2D eigenvalue weighted by atomic mass is 35.5. The van der Waals surface area contributed by atoms with Crippen LogP contribution in [0.1, 0.15) is 0 Å². The fraction of sp³-hybridized carbons (Fsp3) is 0.111. The van der Waals surface area contributed by atoms with Crippen molar-refractivity contribution in [2.75, 3.05) is 7.11 Å². The number of rotatable bonds is 1. The lowest BCUT2D eigenvalue weighted by molar-refractivity contribution is 0.402. The molecule has 0 spiro atoms. The number of halogens is 2. The topological polar surface area (TPSA) is 35.0 Å². The Morgan fingerprint density at radius 1 is 1.21 bits per heavy atom. The quantitative estimate of drug-likeness (QED) is 0.705. The van der Waals surface area contributed by atoms with Crippen LogP contribution in [0.3, 0.4) is 0 Å². The molecule has 1 heterocycles. The lowest BCUT2D eigenvalue weighted by Gasteiger charge is -2.04. The van der Waals surface area contributed by atoms with Crippen molar-refractivity contribution < 1.29 is 4.74 Å². The molecule has 0 saturated carbocycles. The molecule has 0 saturated heterocycles. The molecule has 0 aliphatic rings. The standard InChI is InChI=1S/C9H6Cl2N2O/c1-14-8-6-4-5(10)2-3-7(6)12-9(11)13-8/h2-4H,1H3. The van der Waals surface area contributed by atoms with E-state index >= 15 is 0 Å². The molecule has 5 heteroatoms. The summed E-state index contributed by atoms with van der Waals surface area (Å²) in [6.45, 7) is 0. The van der Waals surface area contributed by atoms with Gasteiger partial charge in [0.1, 0.15) is 0 Å². The van der Waals surface area contributed by atoms with E-state index in [4.69, 9.17) is 27.9 Å². The number of hydrogen-bond acceptors (Lipinski definition) is 3. The first-order valence-corrected chi connectivity index (χ1v) is 4.63. The number of aromatic nitrogens is 2. The van der Waals surface area contributed by atoms with E-state index in [-0.39, 0.29) is 5.28 Å². The molecule has 0 unspecified atom stereocenters. The average Bonchev–Trinajstić information content (AvgIpc) is 2.17. The third-order valence-electron chi connectivity index (χ3n) is 1.79. The molecular weight excluding hydrogens is 223 g/mol. The monoisotopic (exact) mass is 228 g/mol. The predicted molar refractivity (Wildman–Crippen MR) is 56.1 cm³/mol. The van der Waals surface area contributed by atoms with Crippen LogP contribution in [-0.2, 0) is 0 Å². The van der Waals surface area contributed by atoms with Crippen LogP contribution in [0.2, 0.25) is 10.3 Å². The minimum Gasteiger partial charge on any atom is -0.480 e. The highest BCUT2D eigenvalue weighted by Crippen LogP contribution is 2.26. The van der Waals surface area contributed by atoms with Crippen LogP contribution in [-0.4, -0.2) is 17.1 Å². The van der Waals surface area contributed by atoms with Crippen molar-refractivity contribution in [3.63, 3.8) is 0 Å². The molecule has 0 fully saturated rings. The average molecular weight is 229 g/mol. The van der Waals surface area contributed by atoms with Crippen molar-refractivity contribution in [2.24, 2.45) is 0 Å². The van der Waals surface area contributed by atoms with Crippen LogP contribution >= 0.6 is 23.2 Å². The third-order valence-corrected chi connectivity index (χ3v) is 2.19. The van der Waals surface area contributed by atoms with Crippen LogP contribution < -0.4 is 4.74 Å². The van der Waals surface area contributed by atoms with E-state index in [1.165, 1.54) is 7.11 Å². The van der Waals surface area contributed by atoms with Gasteiger partial charge in [-0.25, -0.2) is 4.98 Å². The molecule has 1 aromatic heterocycles. The van der Waals surface area contributed by atoms with Crippen LogP contribution in [0.15, 0.2) is 18.2 Å². The van der Waals surface area contributed by atoms with E-state index in [9.17, 15) is 0 Å². The van der Waals surface area contributed by atoms with Crippen molar-refractivity contribution in [2.45, 2.75) is 0 Å². The zero-order valence-corrected chi connectivity index (χ0v) is 8.80. The summed E-state index contributed by atoms with van der Waals surface area (Å²) in [6, 6.07) is 5.26. The second kappa shape index (κ2) is 3.59. The molecule has 1 aromatic carbocycles. The summed E-state index contributed by atoms with van der Waals surface area (Å²) >= 11 is 11.6. The van der Waals surface area contributed by atoms with Crippen molar-refractivity contribution in [3.05, 3.63) is 28.5 Å². The Bertz CT molecular complexity index is 487. The number of hydrogen-bond donors (Lipinski definition) is 0. The number of nitrogens with zero attached hydrogens (tertiary/aromatic N) is 2. The predicted octanol–water partition coefficient (Wildman–Crippen LogP) is 2.95. The number of methoxy groups -OCH3 is 1. The van der Waals surface area contributed by atoms with Gasteiger partial charge in [0.25, 0.3) is 0 Å². The number of benzene rings is 1. The largest absolute Gasteiger partial charge is 0.480 e. The number of ether oxygens (including phenoxy) is 1. The summed E-state index contributed by atoms with van der Waals surface area (Å²) in [5.74, 6) is 0.433. The van der Waals surface area contributed by atoms with Crippen molar-refractivity contribution in [3.8, 4) is 5.88 Å². The first-order valence-electron chi connectivity index (χ1n) is 3.87. The summed E-state index contributed by atoms with van der Waals surface area (Å²) in [5, 5.41) is 1.53. The molecule has 0 atom stereocenters. The van der Waals surface area contributed by atoms with E-state index < -0.39 is 0 Å². The first kappa shape index (κ1) is 9.49. The van der Waals surface area contributed by atoms with Crippen LogP contribution in [0.5, 0.6) is 5.88 Å². The van der Waals surface area contributed by atoms with Gasteiger partial charge in [-0.15, -0.1) is 0 Å². The Morgan fingerprint density at radius 3 is 2.71 bits per heavy atom. The molecule has 2 rings (SSSR count). The zero-order valence-electron chi connectivity index (χ0n) is 7.29. The van der Waals surface area contributed by atoms with E-state index in [1.54, 1.807) is 18.2 Å². The maximum Gasteiger partial charge on any atom is 0.226 e. The second-order valence-corrected chi connectivity index (χ2v) is 3.44. The molecule has 0 radical (unpaired) electrons. The zero-order chi connectivity index (χ0) is 10.1. The Kier molecular flexibility index (Phi) is 2.44. The SMILES string of the molecule is COc1nc(Cl)nc2ccc(Cl)cc12. The van der Waals surface area contributed by atoms with Gasteiger partial charge in [0, 0.05) is 5.02 Å². The van der Waals surface area contributed by atoms with Crippen molar-refractivity contribution in [1.29, 1.82) is 0 Å². The van der Waals surface area contributed by atoms with Gasteiger partial charge in [-0.05, 0) is 29.8 Å². The van der Waals surface area contributed by atoms with E-state index in [2.05, 4.69) is 9.97 Å². The Hall–Kier alpha value is -1.06. The molecule has 3 nitrogen and oxygen atoms in total. The first-order chi connectivity index (χ1) is 6.70. The van der Waals surface area contributed by atoms with Crippen LogP contribution in [0.25, 0.3) is 10.9 Å². The molecule has 14 heavy (non-hydrogen) atoms. The highest BCUT2D eigenvalue weighted by molar-refractivity contribution is 6.31. The fourth-order valence-corrected chi connectivity index (χ4v) is 1.54. The van der Waals surface area contributed by atoms with Gasteiger partial charge < -0.3 is 4.74 Å².